The predicted octanol–water partition coefficient (Wildman–Crippen LogP) is 3.91. The maximum absolute atomic E-state index is 11.9. The van der Waals surface area contributed by atoms with E-state index in [4.69, 9.17) is 9.15 Å². The molecule has 7 nitrogen and oxygen atoms in total. The first-order chi connectivity index (χ1) is 12.6. The Balaban J connectivity index is 1.85. The summed E-state index contributed by atoms with van der Waals surface area (Å²) in [6, 6.07) is 11.3. The van der Waals surface area contributed by atoms with Gasteiger partial charge >= 0.3 is 6.01 Å². The van der Waals surface area contributed by atoms with Gasteiger partial charge in [-0.1, -0.05) is 13.8 Å². The van der Waals surface area contributed by atoms with E-state index < -0.39 is 0 Å². The molecule has 0 saturated carbocycles. The van der Waals surface area contributed by atoms with E-state index in [1.807, 2.05) is 51.1 Å². The fraction of sp³-hybridized carbons (Fsp3) is 0.316. The molecule has 1 amide bonds. The zero-order valence-corrected chi connectivity index (χ0v) is 15.1. The van der Waals surface area contributed by atoms with Gasteiger partial charge in [-0.25, -0.2) is 4.68 Å². The highest BCUT2D eigenvalue weighted by Crippen LogP contribution is 2.24. The van der Waals surface area contributed by atoms with Crippen LogP contribution in [0.1, 0.15) is 27.2 Å². The number of hydrogen-bond acceptors (Lipinski definition) is 5. The lowest BCUT2D eigenvalue weighted by atomic mass is 10.1. The Bertz CT molecular complexity index is 852. The second kappa shape index (κ2) is 7.86. The van der Waals surface area contributed by atoms with E-state index in [2.05, 4.69) is 15.4 Å². The lowest BCUT2D eigenvalue weighted by Crippen LogP contribution is -2.13. The zero-order chi connectivity index (χ0) is 18.5. The van der Waals surface area contributed by atoms with Crippen molar-refractivity contribution in [3.63, 3.8) is 0 Å². The molecule has 0 aliphatic rings. The van der Waals surface area contributed by atoms with Crippen molar-refractivity contribution in [3.8, 4) is 23.3 Å². The lowest BCUT2D eigenvalue weighted by molar-refractivity contribution is -0.116. The van der Waals surface area contributed by atoms with Crippen LogP contribution in [0.15, 0.2) is 47.1 Å². The molecule has 0 aliphatic heterocycles. The van der Waals surface area contributed by atoms with Crippen LogP contribution in [0.25, 0.3) is 17.3 Å². The van der Waals surface area contributed by atoms with E-state index in [1.165, 1.54) is 0 Å². The smallest absolute Gasteiger partial charge is 0.336 e. The van der Waals surface area contributed by atoms with Gasteiger partial charge in [-0.15, -0.1) is 5.10 Å². The monoisotopic (exact) mass is 354 g/mol. The molecule has 0 saturated heterocycles. The molecule has 1 aromatic carbocycles. The van der Waals surface area contributed by atoms with E-state index in [1.54, 1.807) is 17.0 Å². The van der Waals surface area contributed by atoms with Crippen molar-refractivity contribution in [1.82, 2.24) is 14.8 Å². The molecule has 136 valence electrons. The Labute approximate surface area is 152 Å². The molecule has 0 unspecified atom stereocenters. The lowest BCUT2D eigenvalue weighted by Gasteiger charge is -2.08. The summed E-state index contributed by atoms with van der Waals surface area (Å²) >= 11 is 0. The van der Waals surface area contributed by atoms with Crippen LogP contribution in [-0.2, 0) is 4.79 Å². The van der Waals surface area contributed by atoms with Crippen molar-refractivity contribution in [2.24, 2.45) is 5.92 Å². The highest BCUT2D eigenvalue weighted by Gasteiger charge is 2.16. The minimum atomic E-state index is 0.00316. The fourth-order valence-corrected chi connectivity index (χ4v) is 2.50. The van der Waals surface area contributed by atoms with Crippen molar-refractivity contribution in [3.05, 3.63) is 42.7 Å². The maximum Gasteiger partial charge on any atom is 0.336 e. The molecule has 26 heavy (non-hydrogen) atoms. The van der Waals surface area contributed by atoms with Crippen LogP contribution in [0.2, 0.25) is 0 Å². The fourth-order valence-electron chi connectivity index (χ4n) is 2.50. The summed E-state index contributed by atoms with van der Waals surface area (Å²) in [6.07, 6.45) is 2.08. The van der Waals surface area contributed by atoms with Gasteiger partial charge in [0.05, 0.1) is 18.6 Å². The number of aromatic nitrogens is 3. The molecule has 0 fully saturated rings. The van der Waals surface area contributed by atoms with Crippen molar-refractivity contribution < 1.29 is 13.9 Å². The van der Waals surface area contributed by atoms with Crippen LogP contribution >= 0.6 is 0 Å². The van der Waals surface area contributed by atoms with Crippen LogP contribution in [0.5, 0.6) is 6.01 Å². The maximum atomic E-state index is 11.9. The number of carbonyl (C=O) groups excluding carboxylic acids is 1. The Kier molecular flexibility index (Phi) is 5.36. The first kappa shape index (κ1) is 17.7. The number of anilines is 1. The number of ether oxygens (including phenoxy) is 1. The second-order valence-corrected chi connectivity index (χ2v) is 6.23. The van der Waals surface area contributed by atoms with E-state index in [0.717, 1.165) is 11.4 Å². The molecule has 0 aliphatic carbocycles. The number of benzene rings is 1. The minimum absolute atomic E-state index is 0.00316. The average Bonchev–Trinajstić information content (AvgIpc) is 3.24. The molecule has 0 radical (unpaired) electrons. The van der Waals surface area contributed by atoms with Gasteiger partial charge in [0, 0.05) is 12.1 Å². The van der Waals surface area contributed by atoms with Crippen molar-refractivity contribution in [2.45, 2.75) is 27.2 Å². The predicted molar refractivity (Wildman–Crippen MR) is 98.3 cm³/mol. The number of furan rings is 1. The summed E-state index contributed by atoms with van der Waals surface area (Å²) in [5.41, 5.74) is 1.53. The van der Waals surface area contributed by atoms with E-state index in [9.17, 15) is 4.79 Å². The van der Waals surface area contributed by atoms with Crippen LogP contribution in [0, 0.1) is 5.92 Å². The number of nitrogens with one attached hydrogen (secondary N) is 1. The van der Waals surface area contributed by atoms with Gasteiger partial charge in [0.25, 0.3) is 0 Å². The van der Waals surface area contributed by atoms with Gasteiger partial charge in [0.2, 0.25) is 11.7 Å². The second-order valence-electron chi connectivity index (χ2n) is 6.23. The van der Waals surface area contributed by atoms with Crippen LogP contribution < -0.4 is 10.1 Å². The Morgan fingerprint density at radius 3 is 2.65 bits per heavy atom. The summed E-state index contributed by atoms with van der Waals surface area (Å²) in [5.74, 6) is 1.47. The van der Waals surface area contributed by atoms with Crippen molar-refractivity contribution >= 4 is 11.6 Å². The van der Waals surface area contributed by atoms with Crippen LogP contribution in [-0.4, -0.2) is 27.3 Å². The molecule has 3 aromatic rings. The van der Waals surface area contributed by atoms with Crippen molar-refractivity contribution in [1.29, 1.82) is 0 Å². The molecule has 2 heterocycles. The van der Waals surface area contributed by atoms with E-state index >= 15 is 0 Å². The molecule has 2 aromatic heterocycles. The summed E-state index contributed by atoms with van der Waals surface area (Å²) < 4.78 is 12.5. The van der Waals surface area contributed by atoms with Gasteiger partial charge in [0.15, 0.2) is 5.76 Å². The molecular formula is C19H22N4O3. The molecule has 3 rings (SSSR count). The SMILES string of the molecule is CCOc1nc(-c2ccco2)n(-c2ccc(NC(=O)CC(C)C)cc2)n1. The molecule has 1 N–H and O–H groups in total. The van der Waals surface area contributed by atoms with E-state index in [0.29, 0.717) is 30.5 Å². The van der Waals surface area contributed by atoms with Gasteiger partial charge < -0.3 is 14.5 Å². The average molecular weight is 354 g/mol. The third-order valence-corrected chi connectivity index (χ3v) is 3.59. The van der Waals surface area contributed by atoms with Gasteiger partial charge in [0.1, 0.15) is 0 Å². The zero-order valence-electron chi connectivity index (χ0n) is 15.1. The summed E-state index contributed by atoms with van der Waals surface area (Å²) in [5, 5.41) is 7.28. The molecule has 7 heteroatoms. The number of amides is 1. The number of nitrogens with zero attached hydrogens (tertiary/aromatic N) is 3. The Morgan fingerprint density at radius 1 is 1.27 bits per heavy atom. The first-order valence-electron chi connectivity index (χ1n) is 8.61. The Morgan fingerprint density at radius 2 is 2.04 bits per heavy atom. The van der Waals surface area contributed by atoms with Gasteiger partial charge in [-0.3, -0.25) is 4.79 Å². The number of rotatable bonds is 7. The molecule has 0 atom stereocenters. The Hall–Kier alpha value is -3.09. The highest BCUT2D eigenvalue weighted by atomic mass is 16.5. The molecule has 0 bridgehead atoms. The van der Waals surface area contributed by atoms with Crippen LogP contribution in [0.3, 0.4) is 0 Å². The normalized spacial score (nSPS) is 10.9. The topological polar surface area (TPSA) is 82.2 Å². The first-order valence-corrected chi connectivity index (χ1v) is 8.61. The standard InChI is InChI=1S/C19H22N4O3/c1-4-25-19-21-18(16-6-5-11-26-16)23(22-19)15-9-7-14(8-10-15)20-17(24)12-13(2)3/h5-11,13H,4,12H2,1-3H3,(H,20,24). The number of hydrogen-bond donors (Lipinski definition) is 1. The summed E-state index contributed by atoms with van der Waals surface area (Å²) in [4.78, 5) is 16.3. The minimum Gasteiger partial charge on any atom is -0.463 e. The third kappa shape index (κ3) is 4.11. The summed E-state index contributed by atoms with van der Waals surface area (Å²) in [6.45, 7) is 6.38. The molecular weight excluding hydrogens is 332 g/mol. The largest absolute Gasteiger partial charge is 0.463 e. The quantitative estimate of drug-likeness (QED) is 0.695. The molecule has 0 spiro atoms. The third-order valence-electron chi connectivity index (χ3n) is 3.59. The summed E-state index contributed by atoms with van der Waals surface area (Å²) in [7, 11) is 0. The van der Waals surface area contributed by atoms with Gasteiger partial charge in [-0.2, -0.15) is 4.98 Å². The van der Waals surface area contributed by atoms with Gasteiger partial charge in [-0.05, 0) is 49.2 Å². The van der Waals surface area contributed by atoms with Crippen LogP contribution in [0.4, 0.5) is 5.69 Å². The highest BCUT2D eigenvalue weighted by molar-refractivity contribution is 5.90. The van der Waals surface area contributed by atoms with Crippen molar-refractivity contribution in [2.75, 3.05) is 11.9 Å². The number of carbonyl (C=O) groups is 1. The van der Waals surface area contributed by atoms with E-state index in [-0.39, 0.29) is 11.9 Å².